The average Bonchev–Trinajstić information content (AvgIpc) is 0.776. The van der Waals surface area contributed by atoms with Gasteiger partial charge in [-0.25, -0.2) is 19.9 Å². The first kappa shape index (κ1) is 81.7. The molecule has 13 rings (SSSR count). The van der Waals surface area contributed by atoms with Crippen LogP contribution >= 0.6 is 23.2 Å². The van der Waals surface area contributed by atoms with E-state index in [4.69, 9.17) is 46.9 Å². The van der Waals surface area contributed by atoms with Crippen molar-refractivity contribution < 1.29 is 76.4 Å². The molecule has 0 amide bonds. The average molecular weight is 1580 g/mol. The Hall–Kier alpha value is -11.8. The van der Waals surface area contributed by atoms with Gasteiger partial charge in [-0.3, -0.25) is 0 Å². The number of pyridine rings is 4. The van der Waals surface area contributed by atoms with E-state index in [2.05, 4.69) is 35.5 Å². The van der Waals surface area contributed by atoms with Crippen LogP contribution < -0.4 is 39.4 Å². The van der Waals surface area contributed by atoms with Crippen LogP contribution in [0.15, 0.2) is 152 Å². The number of halogens is 14. The second-order valence-corrected chi connectivity index (χ2v) is 25.8. The van der Waals surface area contributed by atoms with Crippen molar-refractivity contribution in [1.29, 1.82) is 21.0 Å². The maximum atomic E-state index is 13.7. The molecule has 2 aliphatic heterocycles. The number of fused-ring (bicyclic) bond motifs is 4. The number of aryl methyl sites for hydroxylation is 2. The summed E-state index contributed by atoms with van der Waals surface area (Å²) < 4.78 is 189. The van der Waals surface area contributed by atoms with E-state index in [0.29, 0.717) is 126 Å². The summed E-state index contributed by atoms with van der Waals surface area (Å²) in [6.45, 7) is 6.78. The molecule has 0 spiro atoms. The molecule has 111 heavy (non-hydrogen) atoms. The molecule has 0 bridgehead atoms. The summed E-state index contributed by atoms with van der Waals surface area (Å²) >= 11 is 11.8. The van der Waals surface area contributed by atoms with Gasteiger partial charge in [0.1, 0.15) is 81.9 Å². The Balaban J connectivity index is 0.000000159. The third-order valence-corrected chi connectivity index (χ3v) is 17.9. The number of nitriles is 4. The lowest BCUT2D eigenvalue weighted by Gasteiger charge is -2.35. The smallest absolute Gasteiger partial charge is 0.434 e. The lowest BCUT2D eigenvalue weighted by Crippen LogP contribution is -2.45. The largest absolute Gasteiger partial charge is 0.497 e. The molecule has 4 aromatic heterocycles. The number of nitrogens with one attached hydrogen (secondary N) is 2. The third kappa shape index (κ3) is 20.2. The van der Waals surface area contributed by atoms with E-state index in [9.17, 15) is 73.7 Å². The van der Waals surface area contributed by atoms with E-state index in [0.717, 1.165) is 17.5 Å². The van der Waals surface area contributed by atoms with Gasteiger partial charge >= 0.3 is 24.7 Å². The maximum Gasteiger partial charge on any atom is 0.434 e. The number of anilines is 4. The van der Waals surface area contributed by atoms with Crippen LogP contribution in [0.1, 0.15) is 62.6 Å². The van der Waals surface area contributed by atoms with Crippen LogP contribution in [-0.2, 0) is 35.9 Å². The van der Waals surface area contributed by atoms with Crippen molar-refractivity contribution in [3.05, 3.63) is 218 Å². The van der Waals surface area contributed by atoms with Gasteiger partial charge in [-0.05, 0) is 142 Å². The molecule has 574 valence electrons. The molecule has 18 nitrogen and oxygen atoms in total. The summed E-state index contributed by atoms with van der Waals surface area (Å²) in [5.41, 5.74) is -3.22. The van der Waals surface area contributed by atoms with E-state index in [-0.39, 0.29) is 58.0 Å². The van der Waals surface area contributed by atoms with Gasteiger partial charge < -0.3 is 49.0 Å². The molecule has 6 heterocycles. The van der Waals surface area contributed by atoms with E-state index < -0.39 is 69.7 Å². The van der Waals surface area contributed by atoms with Gasteiger partial charge in [0.15, 0.2) is 22.8 Å². The lowest BCUT2D eigenvalue weighted by molar-refractivity contribution is -0.141. The Morgan fingerprint density at radius 2 is 0.856 bits per heavy atom. The summed E-state index contributed by atoms with van der Waals surface area (Å²) in [5.74, 6) is 2.53. The van der Waals surface area contributed by atoms with Crippen LogP contribution in [0, 0.1) is 52.2 Å². The van der Waals surface area contributed by atoms with Crippen LogP contribution in [0.2, 0.25) is 10.0 Å². The van der Waals surface area contributed by atoms with Crippen molar-refractivity contribution in [2.75, 3.05) is 114 Å². The van der Waals surface area contributed by atoms with E-state index >= 15 is 0 Å². The lowest BCUT2D eigenvalue weighted by atomic mass is 10.0. The zero-order chi connectivity index (χ0) is 80.0. The number of benzene rings is 7. The van der Waals surface area contributed by atoms with Crippen LogP contribution in [0.3, 0.4) is 0 Å². The van der Waals surface area contributed by atoms with Gasteiger partial charge in [0, 0.05) is 83.9 Å². The number of aromatic nitrogens is 4. The molecule has 2 N–H and O–H groups in total. The summed E-state index contributed by atoms with van der Waals surface area (Å²) in [4.78, 5) is 20.4. The van der Waals surface area contributed by atoms with Gasteiger partial charge in [0.25, 0.3) is 0 Å². The molecule has 0 aliphatic carbocycles. The molecule has 2 aliphatic rings. The van der Waals surface area contributed by atoms with E-state index in [1.54, 1.807) is 89.8 Å². The fourth-order valence-corrected chi connectivity index (χ4v) is 12.4. The molecular weight excluding hydrogens is 1510 g/mol. The number of alkyl halides is 12. The Morgan fingerprint density at radius 1 is 0.450 bits per heavy atom. The van der Waals surface area contributed by atoms with Crippen molar-refractivity contribution in [3.63, 3.8) is 0 Å². The topological polar surface area (TPSA) is 227 Å². The van der Waals surface area contributed by atoms with Crippen LogP contribution in [0.4, 0.5) is 75.4 Å². The molecule has 0 radical (unpaired) electrons. The summed E-state index contributed by atoms with van der Waals surface area (Å²) in [5, 5.41) is 46.4. The number of para-hydroxylation sites is 1. The highest BCUT2D eigenvalue weighted by molar-refractivity contribution is 6.31. The highest BCUT2D eigenvalue weighted by atomic mass is 35.5. The quantitative estimate of drug-likeness (QED) is 0.0677. The summed E-state index contributed by atoms with van der Waals surface area (Å²) in [7, 11) is 4.88. The Morgan fingerprint density at radius 3 is 1.33 bits per heavy atom. The molecule has 2 fully saturated rings. The maximum absolute atomic E-state index is 13.7. The first-order valence-corrected chi connectivity index (χ1v) is 34.6. The Kier molecular flexibility index (Phi) is 26.3. The first-order valence-electron chi connectivity index (χ1n) is 33.9. The number of rotatable bonds is 16. The predicted octanol–water partition coefficient (Wildman–Crippen LogP) is 19.0. The van der Waals surface area contributed by atoms with E-state index in [1.807, 2.05) is 61.3 Å². The fourth-order valence-electron chi connectivity index (χ4n) is 12.1. The Bertz CT molecular complexity index is 5330. The molecule has 0 atom stereocenters. The van der Waals surface area contributed by atoms with Gasteiger partial charge in [-0.15, -0.1) is 0 Å². The second-order valence-electron chi connectivity index (χ2n) is 24.9. The first-order chi connectivity index (χ1) is 52.9. The zero-order valence-electron chi connectivity index (χ0n) is 59.4. The minimum absolute atomic E-state index is 0.0310. The number of hydrogen-bond donors (Lipinski definition) is 2. The van der Waals surface area contributed by atoms with Crippen molar-refractivity contribution in [2.45, 2.75) is 44.5 Å². The Labute approximate surface area is 638 Å². The van der Waals surface area contributed by atoms with Gasteiger partial charge in [0.2, 0.25) is 0 Å². The third-order valence-electron chi connectivity index (χ3n) is 17.4. The predicted molar refractivity (Wildman–Crippen MR) is 397 cm³/mol. The van der Waals surface area contributed by atoms with Crippen LogP contribution in [-0.4, -0.2) is 118 Å². The molecule has 11 aromatic rings. The molecule has 32 heteroatoms. The highest BCUT2D eigenvalue weighted by Gasteiger charge is 2.42. The number of morpholine rings is 1. The summed E-state index contributed by atoms with van der Waals surface area (Å²) in [6.07, 6.45) is -17.5. The van der Waals surface area contributed by atoms with E-state index in [1.165, 1.54) is 62.8 Å². The number of piperazine rings is 1. The molecule has 7 aromatic carbocycles. The molecule has 0 unspecified atom stereocenters. The number of likely N-dealkylation sites (N-methyl/N-ethyl adjacent to an activating group) is 1. The van der Waals surface area contributed by atoms with Crippen LogP contribution in [0.25, 0.3) is 43.6 Å². The highest BCUT2D eigenvalue weighted by Crippen LogP contribution is 2.45. The fraction of sp³-hybridized carbons (Fsp3) is 0.266. The second kappa shape index (κ2) is 35.7. The number of hydrogen-bond acceptors (Lipinski definition) is 18. The van der Waals surface area contributed by atoms with Gasteiger partial charge in [-0.2, -0.15) is 73.7 Å². The number of methoxy groups -OCH3 is 2. The van der Waals surface area contributed by atoms with Gasteiger partial charge in [0.05, 0.1) is 72.2 Å². The zero-order valence-corrected chi connectivity index (χ0v) is 60.9. The molecule has 0 saturated carbocycles. The standard InChI is InChI=1S/C27H22F3N3O.C20H15ClF3N3O2.C17H17F3N4O.C15H11ClF3N3O/c1-18-9-11-19(12-10-18)6-5-15-32-25-22-16-21(34-20-7-3-2-4-8-20)13-14-24(22)33-26(23(25)17-31)27(28,29)30;1-28-14-6-7-17-15(10-14)18(16(11-25)19(27-17)20(22,23)24)26-8-9-29-13-4-2-12(21)3-5-13;1-23-5-7-24(8-6-23)15-12-9-11(25-2)3-4-14(12)22-16(13(15)10-21)17(18,19)20;16-9-1-2-12-10(7-9)13(22-3-5-23-6-4-22)11(8-20)14(21-12)15(17,18)19/h2-4,7-14,16H,5-6,15H2,1H3,(H,32,33);2-7,10H,8-9H2,1H3,(H,26,27);3-4,9H,5-8H2,1-2H3;1-2,7H,3-6H2. The van der Waals surface area contributed by atoms with Crippen molar-refractivity contribution in [2.24, 2.45) is 0 Å². The number of nitrogens with zero attached hydrogens (tertiary/aromatic N) is 11. The monoisotopic (exact) mass is 1570 g/mol. The van der Waals surface area contributed by atoms with Gasteiger partial charge in [-0.1, -0.05) is 71.2 Å². The SMILES string of the molecule is COc1ccc2nc(C(F)(F)F)c(C#N)c(N3CCN(C)CC3)c2c1.COc1ccc2nc(C(F)(F)F)c(C#N)c(NCCOc3ccc(Cl)cc3)c2c1.Cc1ccc(CCCNc2c(C#N)c(C(F)(F)F)nc3ccc(Oc4ccccc4)cc23)cc1.N#Cc1c(C(F)(F)F)nc2ccc(Cl)cc2c1N1CCOCC1. The van der Waals surface area contributed by atoms with Crippen molar-refractivity contribution >= 4 is 89.6 Å². The molecular formula is C79H65Cl2F12N13O5. The van der Waals surface area contributed by atoms with Crippen LogP contribution in [0.5, 0.6) is 28.7 Å². The van der Waals surface area contributed by atoms with Crippen molar-refractivity contribution in [3.8, 4) is 53.0 Å². The number of ether oxygens (including phenoxy) is 5. The summed E-state index contributed by atoms with van der Waals surface area (Å²) in [6, 6.07) is 48.8. The minimum Gasteiger partial charge on any atom is -0.497 e. The molecule has 2 saturated heterocycles. The minimum atomic E-state index is -4.77. The normalized spacial score (nSPS) is 13.2. The van der Waals surface area contributed by atoms with Crippen molar-refractivity contribution in [1.82, 2.24) is 24.8 Å².